The van der Waals surface area contributed by atoms with Gasteiger partial charge in [0.25, 0.3) is 0 Å². The second-order valence-electron chi connectivity index (χ2n) is 5.10. The van der Waals surface area contributed by atoms with Gasteiger partial charge in [0, 0.05) is 18.7 Å². The molecule has 0 amide bonds. The molecule has 2 atom stereocenters. The summed E-state index contributed by atoms with van der Waals surface area (Å²) in [5.41, 5.74) is 1.81. The van der Waals surface area contributed by atoms with Crippen molar-refractivity contribution in [2.24, 2.45) is 18.9 Å². The Bertz CT molecular complexity index is 395. The van der Waals surface area contributed by atoms with E-state index in [9.17, 15) is 4.79 Å². The maximum absolute atomic E-state index is 12.3. The first-order valence-electron chi connectivity index (χ1n) is 6.12. The molecule has 3 nitrogen and oxygen atoms in total. The Balaban J connectivity index is 2.15. The van der Waals surface area contributed by atoms with E-state index in [0.717, 1.165) is 24.1 Å². The second-order valence-corrected chi connectivity index (χ2v) is 5.10. The van der Waals surface area contributed by atoms with Crippen LogP contribution in [-0.4, -0.2) is 15.6 Å². The molecule has 1 aromatic heterocycles. The molecule has 1 heterocycles. The van der Waals surface area contributed by atoms with Gasteiger partial charge in [0.2, 0.25) is 0 Å². The molecule has 1 aliphatic carbocycles. The van der Waals surface area contributed by atoms with Crippen molar-refractivity contribution in [2.75, 3.05) is 0 Å². The molecule has 1 aliphatic rings. The van der Waals surface area contributed by atoms with Crippen LogP contribution in [0.4, 0.5) is 0 Å². The average Bonchev–Trinajstić information content (AvgIpc) is 2.59. The molecular formula is C13H20N2O. The van der Waals surface area contributed by atoms with E-state index in [1.165, 1.54) is 12.8 Å². The lowest BCUT2D eigenvalue weighted by atomic mass is 9.79. The largest absolute Gasteiger partial charge is 0.294 e. The fraction of sp³-hybridized carbons (Fsp3) is 0.692. The van der Waals surface area contributed by atoms with Crippen molar-refractivity contribution in [3.05, 3.63) is 17.5 Å². The predicted octanol–water partition coefficient (Wildman–Crippen LogP) is 2.74. The number of carbonyl (C=O) groups is 1. The highest BCUT2D eigenvalue weighted by molar-refractivity contribution is 5.98. The third-order valence-corrected chi connectivity index (χ3v) is 3.81. The molecule has 0 bridgehead atoms. The summed E-state index contributed by atoms with van der Waals surface area (Å²) < 4.78 is 1.78. The molecule has 88 valence electrons. The van der Waals surface area contributed by atoms with Crippen molar-refractivity contribution in [1.82, 2.24) is 9.78 Å². The molecule has 1 saturated carbocycles. The molecule has 0 saturated heterocycles. The number of aromatic nitrogens is 2. The number of Topliss-reactive ketones (excluding diaryl/α,β-unsaturated/α-hetero) is 1. The van der Waals surface area contributed by atoms with Gasteiger partial charge < -0.3 is 0 Å². The molecule has 2 unspecified atom stereocenters. The number of ketones is 1. The van der Waals surface area contributed by atoms with E-state index < -0.39 is 0 Å². The molecule has 1 aromatic rings. The summed E-state index contributed by atoms with van der Waals surface area (Å²) in [7, 11) is 1.88. The summed E-state index contributed by atoms with van der Waals surface area (Å²) in [5.74, 6) is 1.23. The van der Waals surface area contributed by atoms with Crippen LogP contribution in [0.1, 0.15) is 48.7 Å². The maximum Gasteiger partial charge on any atom is 0.169 e. The number of carbonyl (C=O) groups excluding carboxylic acids is 1. The fourth-order valence-corrected chi connectivity index (χ4v) is 2.63. The van der Waals surface area contributed by atoms with Crippen LogP contribution in [0.2, 0.25) is 0 Å². The van der Waals surface area contributed by atoms with Crippen LogP contribution in [0.25, 0.3) is 0 Å². The van der Waals surface area contributed by atoms with E-state index in [1.54, 1.807) is 10.9 Å². The van der Waals surface area contributed by atoms with Crippen molar-refractivity contribution in [3.8, 4) is 0 Å². The van der Waals surface area contributed by atoms with E-state index >= 15 is 0 Å². The molecule has 0 aromatic carbocycles. The molecule has 3 heteroatoms. The molecule has 0 N–H and O–H groups in total. The topological polar surface area (TPSA) is 34.9 Å². The Hall–Kier alpha value is -1.12. The van der Waals surface area contributed by atoms with Gasteiger partial charge in [-0.05, 0) is 25.7 Å². The van der Waals surface area contributed by atoms with Crippen molar-refractivity contribution < 1.29 is 4.79 Å². The van der Waals surface area contributed by atoms with Gasteiger partial charge >= 0.3 is 0 Å². The molecular weight excluding hydrogens is 200 g/mol. The van der Waals surface area contributed by atoms with Crippen molar-refractivity contribution in [3.63, 3.8) is 0 Å². The molecule has 0 radical (unpaired) electrons. The zero-order chi connectivity index (χ0) is 11.7. The summed E-state index contributed by atoms with van der Waals surface area (Å²) in [6, 6.07) is 0. The standard InChI is InChI=1S/C13H20N2O/c1-9-5-4-6-11(7-9)13(16)12-8-14-15(3)10(12)2/h8-9,11H,4-7H2,1-3H3. The summed E-state index contributed by atoms with van der Waals surface area (Å²) >= 11 is 0. The number of hydrogen-bond donors (Lipinski definition) is 0. The van der Waals surface area contributed by atoms with Gasteiger partial charge in [-0.3, -0.25) is 9.48 Å². The van der Waals surface area contributed by atoms with Gasteiger partial charge in [-0.25, -0.2) is 0 Å². The van der Waals surface area contributed by atoms with Gasteiger partial charge in [-0.2, -0.15) is 5.10 Å². The Kier molecular flexibility index (Phi) is 3.13. The van der Waals surface area contributed by atoms with Gasteiger partial charge in [0.15, 0.2) is 5.78 Å². The van der Waals surface area contributed by atoms with Crippen molar-refractivity contribution >= 4 is 5.78 Å². The monoisotopic (exact) mass is 220 g/mol. The fourth-order valence-electron chi connectivity index (χ4n) is 2.63. The minimum absolute atomic E-state index is 0.228. The normalized spacial score (nSPS) is 25.7. The van der Waals surface area contributed by atoms with E-state index in [1.807, 2.05) is 14.0 Å². The lowest BCUT2D eigenvalue weighted by molar-refractivity contribution is 0.0867. The Morgan fingerprint density at radius 2 is 2.25 bits per heavy atom. The quantitative estimate of drug-likeness (QED) is 0.718. The highest BCUT2D eigenvalue weighted by atomic mass is 16.1. The van der Waals surface area contributed by atoms with Crippen LogP contribution in [-0.2, 0) is 7.05 Å². The van der Waals surface area contributed by atoms with Crippen LogP contribution in [0.5, 0.6) is 0 Å². The SMILES string of the molecule is Cc1c(C(=O)C2CCCC(C)C2)cnn1C. The minimum atomic E-state index is 0.228. The van der Waals surface area contributed by atoms with Crippen LogP contribution in [0, 0.1) is 18.8 Å². The minimum Gasteiger partial charge on any atom is -0.294 e. The summed E-state index contributed by atoms with van der Waals surface area (Å²) in [4.78, 5) is 12.3. The van der Waals surface area contributed by atoms with Crippen LogP contribution in [0.15, 0.2) is 6.20 Å². The highest BCUT2D eigenvalue weighted by Crippen LogP contribution is 2.31. The smallest absolute Gasteiger partial charge is 0.169 e. The number of aryl methyl sites for hydroxylation is 1. The maximum atomic E-state index is 12.3. The second kappa shape index (κ2) is 4.40. The lowest BCUT2D eigenvalue weighted by Gasteiger charge is -2.25. The Morgan fingerprint density at radius 1 is 1.50 bits per heavy atom. The Labute approximate surface area is 96.8 Å². The van der Waals surface area contributed by atoms with E-state index in [-0.39, 0.29) is 5.92 Å². The first-order valence-corrected chi connectivity index (χ1v) is 6.12. The predicted molar refractivity (Wildman–Crippen MR) is 63.4 cm³/mol. The molecule has 2 rings (SSSR count). The third kappa shape index (κ3) is 2.04. The summed E-state index contributed by atoms with van der Waals surface area (Å²) in [6.45, 7) is 4.21. The number of hydrogen-bond acceptors (Lipinski definition) is 2. The number of nitrogens with zero attached hydrogens (tertiary/aromatic N) is 2. The zero-order valence-corrected chi connectivity index (χ0v) is 10.4. The highest BCUT2D eigenvalue weighted by Gasteiger charge is 2.27. The van der Waals surface area contributed by atoms with Crippen molar-refractivity contribution in [2.45, 2.75) is 39.5 Å². The summed E-state index contributed by atoms with van der Waals surface area (Å²) in [5, 5.41) is 4.15. The number of rotatable bonds is 2. The van der Waals surface area contributed by atoms with Crippen LogP contribution < -0.4 is 0 Å². The Morgan fingerprint density at radius 3 is 2.81 bits per heavy atom. The van der Waals surface area contributed by atoms with Crippen LogP contribution >= 0.6 is 0 Å². The lowest BCUT2D eigenvalue weighted by Crippen LogP contribution is -2.22. The molecule has 1 fully saturated rings. The van der Waals surface area contributed by atoms with Gasteiger partial charge in [0.05, 0.1) is 11.8 Å². The van der Waals surface area contributed by atoms with E-state index in [0.29, 0.717) is 11.7 Å². The molecule has 16 heavy (non-hydrogen) atoms. The van der Waals surface area contributed by atoms with Gasteiger partial charge in [-0.1, -0.05) is 19.8 Å². The summed E-state index contributed by atoms with van der Waals surface area (Å²) in [6.07, 6.45) is 6.29. The third-order valence-electron chi connectivity index (χ3n) is 3.81. The first kappa shape index (κ1) is 11.4. The molecule has 0 aliphatic heterocycles. The van der Waals surface area contributed by atoms with Gasteiger partial charge in [0.1, 0.15) is 0 Å². The first-order chi connectivity index (χ1) is 7.59. The van der Waals surface area contributed by atoms with E-state index in [2.05, 4.69) is 12.0 Å². The zero-order valence-electron chi connectivity index (χ0n) is 10.4. The average molecular weight is 220 g/mol. The molecule has 0 spiro atoms. The van der Waals surface area contributed by atoms with Crippen LogP contribution in [0.3, 0.4) is 0 Å². The van der Waals surface area contributed by atoms with E-state index in [4.69, 9.17) is 0 Å². The van der Waals surface area contributed by atoms with Gasteiger partial charge in [-0.15, -0.1) is 0 Å². The van der Waals surface area contributed by atoms with Crippen molar-refractivity contribution in [1.29, 1.82) is 0 Å².